The van der Waals surface area contributed by atoms with Crippen LogP contribution in [0.4, 0.5) is 0 Å². The number of halogens is 1. The molecule has 3 heteroatoms. The van der Waals surface area contributed by atoms with Crippen molar-refractivity contribution < 1.29 is 0 Å². The third-order valence-corrected chi connectivity index (χ3v) is 3.46. The van der Waals surface area contributed by atoms with Crippen molar-refractivity contribution in [3.8, 4) is 0 Å². The number of rotatable bonds is 5. The van der Waals surface area contributed by atoms with E-state index in [4.69, 9.17) is 5.73 Å². The second-order valence-corrected chi connectivity index (χ2v) is 5.38. The van der Waals surface area contributed by atoms with Crippen LogP contribution < -0.4 is 5.73 Å². The predicted octanol–water partition coefficient (Wildman–Crippen LogP) is 3.20. The van der Waals surface area contributed by atoms with Gasteiger partial charge in [-0.25, -0.2) is 0 Å². The lowest BCUT2D eigenvalue weighted by Crippen LogP contribution is -2.19. The zero-order valence-electron chi connectivity index (χ0n) is 10.2. The highest BCUT2D eigenvalue weighted by Gasteiger charge is 2.09. The number of aromatic nitrogens is 1. The predicted molar refractivity (Wildman–Crippen MR) is 78.3 cm³/mol. The topological polar surface area (TPSA) is 38.9 Å². The molecule has 0 aliphatic rings. The molecule has 94 valence electrons. The van der Waals surface area contributed by atoms with Gasteiger partial charge in [-0.1, -0.05) is 30.3 Å². The van der Waals surface area contributed by atoms with Gasteiger partial charge in [0.25, 0.3) is 0 Å². The summed E-state index contributed by atoms with van der Waals surface area (Å²) in [7, 11) is 0. The van der Waals surface area contributed by atoms with Crippen LogP contribution >= 0.6 is 15.9 Å². The normalized spacial score (nSPS) is 12.3. The summed E-state index contributed by atoms with van der Waals surface area (Å²) in [6.45, 7) is 0.687. The lowest BCUT2D eigenvalue weighted by Gasteiger charge is -2.14. The van der Waals surface area contributed by atoms with E-state index in [2.05, 4.69) is 51.2 Å². The van der Waals surface area contributed by atoms with E-state index in [-0.39, 0.29) is 0 Å². The van der Waals surface area contributed by atoms with E-state index in [9.17, 15) is 0 Å². The summed E-state index contributed by atoms with van der Waals surface area (Å²) < 4.78 is 1.01. The Hall–Kier alpha value is -1.19. The maximum absolute atomic E-state index is 5.86. The minimum atomic E-state index is 0.445. The molecule has 0 fully saturated rings. The maximum Gasteiger partial charge on any atom is 0.0413 e. The summed E-state index contributed by atoms with van der Waals surface area (Å²) >= 11 is 3.40. The van der Waals surface area contributed by atoms with Gasteiger partial charge in [-0.2, -0.15) is 0 Å². The van der Waals surface area contributed by atoms with Gasteiger partial charge in [-0.15, -0.1) is 0 Å². The van der Waals surface area contributed by atoms with Gasteiger partial charge in [-0.05, 0) is 58.9 Å². The molecule has 0 bridgehead atoms. The molecule has 18 heavy (non-hydrogen) atoms. The van der Waals surface area contributed by atoms with Crippen molar-refractivity contribution in [3.05, 3.63) is 64.4 Å². The Morgan fingerprint density at radius 1 is 1.06 bits per heavy atom. The van der Waals surface area contributed by atoms with Crippen LogP contribution in [-0.2, 0) is 12.8 Å². The summed E-state index contributed by atoms with van der Waals surface area (Å²) in [5.74, 6) is 0.445. The third kappa shape index (κ3) is 3.93. The van der Waals surface area contributed by atoms with Crippen LogP contribution in [0.1, 0.15) is 11.3 Å². The van der Waals surface area contributed by atoms with Crippen LogP contribution in [0.15, 0.2) is 53.1 Å². The quantitative estimate of drug-likeness (QED) is 0.921. The van der Waals surface area contributed by atoms with E-state index >= 15 is 0 Å². The van der Waals surface area contributed by atoms with Crippen LogP contribution in [0, 0.1) is 5.92 Å². The van der Waals surface area contributed by atoms with Crippen LogP contribution in [-0.4, -0.2) is 11.5 Å². The van der Waals surface area contributed by atoms with Gasteiger partial charge in [0, 0.05) is 16.4 Å². The number of nitrogens with zero attached hydrogens (tertiary/aromatic N) is 1. The van der Waals surface area contributed by atoms with Crippen molar-refractivity contribution in [2.75, 3.05) is 6.54 Å². The zero-order valence-corrected chi connectivity index (χ0v) is 11.8. The highest BCUT2D eigenvalue weighted by Crippen LogP contribution is 2.14. The molecule has 0 radical (unpaired) electrons. The van der Waals surface area contributed by atoms with Crippen LogP contribution in [0.5, 0.6) is 0 Å². The second kappa shape index (κ2) is 6.66. The fourth-order valence-electron chi connectivity index (χ4n) is 2.01. The summed E-state index contributed by atoms with van der Waals surface area (Å²) in [5, 5.41) is 0. The summed E-state index contributed by atoms with van der Waals surface area (Å²) in [4.78, 5) is 4.41. The van der Waals surface area contributed by atoms with E-state index in [1.165, 1.54) is 5.56 Å². The summed E-state index contributed by atoms with van der Waals surface area (Å²) in [6.07, 6.45) is 3.78. The SMILES string of the molecule is NCC(Cc1ccccc1)Cc1ccc(Br)cn1. The molecule has 1 heterocycles. The molecule has 0 saturated heterocycles. The number of nitrogens with two attached hydrogens (primary N) is 1. The third-order valence-electron chi connectivity index (χ3n) is 2.99. The van der Waals surface area contributed by atoms with E-state index in [1.54, 1.807) is 0 Å². The number of hydrogen-bond donors (Lipinski definition) is 1. The summed E-state index contributed by atoms with van der Waals surface area (Å²) in [6, 6.07) is 14.6. The molecule has 0 saturated carbocycles. The average Bonchev–Trinajstić information content (AvgIpc) is 2.41. The molecule has 0 amide bonds. The lowest BCUT2D eigenvalue weighted by atomic mass is 9.95. The molecule has 0 aliphatic heterocycles. The smallest absolute Gasteiger partial charge is 0.0413 e. The Morgan fingerprint density at radius 3 is 2.44 bits per heavy atom. The Kier molecular flexibility index (Phi) is 4.90. The number of pyridine rings is 1. The van der Waals surface area contributed by atoms with Gasteiger partial charge in [0.2, 0.25) is 0 Å². The van der Waals surface area contributed by atoms with Crippen molar-refractivity contribution in [1.82, 2.24) is 4.98 Å². The van der Waals surface area contributed by atoms with Crippen molar-refractivity contribution in [2.45, 2.75) is 12.8 Å². The van der Waals surface area contributed by atoms with Crippen molar-refractivity contribution >= 4 is 15.9 Å². The minimum Gasteiger partial charge on any atom is -0.330 e. The van der Waals surface area contributed by atoms with Gasteiger partial charge >= 0.3 is 0 Å². The molecule has 1 unspecified atom stereocenters. The standard InChI is InChI=1S/C15H17BrN2/c16-14-6-7-15(18-11-14)9-13(10-17)8-12-4-2-1-3-5-12/h1-7,11,13H,8-10,17H2. The van der Waals surface area contributed by atoms with E-state index in [0.717, 1.165) is 23.0 Å². The van der Waals surface area contributed by atoms with Gasteiger partial charge in [0.15, 0.2) is 0 Å². The zero-order chi connectivity index (χ0) is 12.8. The largest absolute Gasteiger partial charge is 0.330 e. The van der Waals surface area contributed by atoms with Crippen LogP contribution in [0.3, 0.4) is 0 Å². The molecule has 2 rings (SSSR count). The first-order valence-electron chi connectivity index (χ1n) is 6.12. The molecule has 1 aromatic heterocycles. The van der Waals surface area contributed by atoms with Crippen molar-refractivity contribution in [3.63, 3.8) is 0 Å². The Morgan fingerprint density at radius 2 is 1.83 bits per heavy atom. The first-order valence-corrected chi connectivity index (χ1v) is 6.91. The minimum absolute atomic E-state index is 0.445. The van der Waals surface area contributed by atoms with Gasteiger partial charge in [0.05, 0.1) is 0 Å². The first-order chi connectivity index (χ1) is 8.78. The highest BCUT2D eigenvalue weighted by atomic mass is 79.9. The lowest BCUT2D eigenvalue weighted by molar-refractivity contribution is 0.527. The van der Waals surface area contributed by atoms with E-state index in [0.29, 0.717) is 12.5 Å². The van der Waals surface area contributed by atoms with Crippen LogP contribution in [0.25, 0.3) is 0 Å². The molecular formula is C15H17BrN2. The second-order valence-electron chi connectivity index (χ2n) is 4.46. The van der Waals surface area contributed by atoms with E-state index in [1.807, 2.05) is 18.3 Å². The van der Waals surface area contributed by atoms with Crippen molar-refractivity contribution in [1.29, 1.82) is 0 Å². The van der Waals surface area contributed by atoms with E-state index < -0.39 is 0 Å². The molecular weight excluding hydrogens is 288 g/mol. The number of hydrogen-bond acceptors (Lipinski definition) is 2. The van der Waals surface area contributed by atoms with Gasteiger partial charge in [-0.3, -0.25) is 4.98 Å². The fourth-order valence-corrected chi connectivity index (χ4v) is 2.24. The summed E-state index contributed by atoms with van der Waals surface area (Å²) in [5.41, 5.74) is 8.30. The number of benzene rings is 1. The Bertz CT molecular complexity index is 468. The maximum atomic E-state index is 5.86. The Labute approximate surface area is 116 Å². The molecule has 0 aliphatic carbocycles. The first kappa shape index (κ1) is 13.2. The van der Waals surface area contributed by atoms with Crippen molar-refractivity contribution in [2.24, 2.45) is 11.7 Å². The monoisotopic (exact) mass is 304 g/mol. The molecule has 1 aromatic carbocycles. The average molecular weight is 305 g/mol. The molecule has 1 atom stereocenters. The van der Waals surface area contributed by atoms with Crippen LogP contribution in [0.2, 0.25) is 0 Å². The molecule has 2 N–H and O–H groups in total. The van der Waals surface area contributed by atoms with Gasteiger partial charge < -0.3 is 5.73 Å². The molecule has 0 spiro atoms. The fraction of sp³-hybridized carbons (Fsp3) is 0.267. The van der Waals surface area contributed by atoms with Gasteiger partial charge in [0.1, 0.15) is 0 Å². The molecule has 2 nitrogen and oxygen atoms in total. The highest BCUT2D eigenvalue weighted by molar-refractivity contribution is 9.10. The Balaban J connectivity index is 1.99. The molecule has 2 aromatic rings.